The van der Waals surface area contributed by atoms with Gasteiger partial charge in [-0.15, -0.1) is 0 Å². The van der Waals surface area contributed by atoms with Crippen molar-refractivity contribution in [2.75, 3.05) is 19.3 Å². The lowest BCUT2D eigenvalue weighted by molar-refractivity contribution is -0.130. The van der Waals surface area contributed by atoms with Gasteiger partial charge in [0, 0.05) is 31.0 Å². The second-order valence-corrected chi connectivity index (χ2v) is 18.2. The summed E-state index contributed by atoms with van der Waals surface area (Å²) >= 11 is 1.94. The molecule has 2 aliphatic heterocycles. The topological polar surface area (TPSA) is 90.9 Å². The zero-order valence-corrected chi connectivity index (χ0v) is 30.1. The molecular formula is C37H64N4O3S. The standard InChI is InChI=1S/C37H64N4O3S/c1-24(2)11-9-12-25(3)27-16-17-28-26-15-18-32(40-44)37(5,29(26)19-21-36(27,28)4)20-10-22-41(6)33(42)14-8-7-13-31-34-30(23-45-31)38-35(43)39-34/h24-32,34H,7-23H2,1-6H3,(H2,38,39,43). The van der Waals surface area contributed by atoms with Crippen LogP contribution in [-0.2, 0) is 4.79 Å². The lowest BCUT2D eigenvalue weighted by Gasteiger charge is -2.58. The van der Waals surface area contributed by atoms with Crippen molar-refractivity contribution in [3.05, 3.63) is 4.91 Å². The van der Waals surface area contributed by atoms with Crippen LogP contribution in [-0.4, -0.2) is 59.6 Å². The molecule has 0 bridgehead atoms. The van der Waals surface area contributed by atoms with Gasteiger partial charge >= 0.3 is 6.03 Å². The van der Waals surface area contributed by atoms with Crippen molar-refractivity contribution < 1.29 is 9.59 Å². The van der Waals surface area contributed by atoms with Crippen molar-refractivity contribution in [3.8, 4) is 0 Å². The van der Waals surface area contributed by atoms with E-state index in [9.17, 15) is 14.5 Å². The highest BCUT2D eigenvalue weighted by molar-refractivity contribution is 8.00. The maximum Gasteiger partial charge on any atom is 0.315 e. The van der Waals surface area contributed by atoms with Gasteiger partial charge in [0.1, 0.15) is 0 Å². The van der Waals surface area contributed by atoms with Gasteiger partial charge in [-0.1, -0.05) is 65.5 Å². The summed E-state index contributed by atoms with van der Waals surface area (Å²) in [5.41, 5.74) is 0.395. The second kappa shape index (κ2) is 14.8. The van der Waals surface area contributed by atoms with E-state index in [2.05, 4.69) is 50.4 Å². The number of carbonyl (C=O) groups is 2. The molecule has 2 N–H and O–H groups in total. The number of carbonyl (C=O) groups excluding carboxylic acids is 2. The molecular weight excluding hydrogens is 580 g/mol. The molecule has 11 unspecified atom stereocenters. The smallest absolute Gasteiger partial charge is 0.315 e. The van der Waals surface area contributed by atoms with Crippen LogP contribution in [0.2, 0.25) is 0 Å². The number of amides is 3. The maximum absolute atomic E-state index is 13.0. The van der Waals surface area contributed by atoms with Gasteiger partial charge in [-0.2, -0.15) is 16.7 Å². The molecule has 0 aromatic rings. The fourth-order valence-corrected chi connectivity index (χ4v) is 12.8. The Bertz CT molecular complexity index is 1040. The van der Waals surface area contributed by atoms with Crippen LogP contribution in [0.15, 0.2) is 5.18 Å². The SMILES string of the molecule is CC(C)CCCC(C)C1CCC2C3CCC(N=O)C(C)(CCCN(C)C(=O)CCCCC4SCC5NC(=O)NC54)C3CCC12C. The average Bonchev–Trinajstić information content (AvgIpc) is 3.66. The molecule has 5 aliphatic rings. The Morgan fingerprint density at radius 1 is 1.00 bits per heavy atom. The summed E-state index contributed by atoms with van der Waals surface area (Å²) < 4.78 is 0. The van der Waals surface area contributed by atoms with E-state index in [4.69, 9.17) is 0 Å². The molecule has 2 heterocycles. The highest BCUT2D eigenvalue weighted by Gasteiger charge is 2.60. The molecule has 0 spiro atoms. The number of urea groups is 1. The lowest BCUT2D eigenvalue weighted by Crippen LogP contribution is -2.53. The third-order valence-electron chi connectivity index (χ3n) is 13.8. The first-order chi connectivity index (χ1) is 21.5. The van der Waals surface area contributed by atoms with Crippen molar-refractivity contribution in [2.24, 2.45) is 51.5 Å². The summed E-state index contributed by atoms with van der Waals surface area (Å²) in [4.78, 5) is 38.8. The molecule has 11 atom stereocenters. The second-order valence-electron chi connectivity index (χ2n) is 16.9. The first-order valence-corrected chi connectivity index (χ1v) is 19.8. The molecule has 3 saturated carbocycles. The number of thioether (sulfide) groups is 1. The summed E-state index contributed by atoms with van der Waals surface area (Å²) in [6, 6.07) is 0.370. The van der Waals surface area contributed by atoms with Crippen LogP contribution >= 0.6 is 11.8 Å². The van der Waals surface area contributed by atoms with E-state index < -0.39 is 0 Å². The predicted octanol–water partition coefficient (Wildman–Crippen LogP) is 8.41. The van der Waals surface area contributed by atoms with Crippen LogP contribution < -0.4 is 10.6 Å². The molecule has 0 aromatic heterocycles. The van der Waals surface area contributed by atoms with Gasteiger partial charge in [0.2, 0.25) is 5.91 Å². The summed E-state index contributed by atoms with van der Waals surface area (Å²) in [5.74, 6) is 5.76. The Kier molecular flexibility index (Phi) is 11.6. The zero-order chi connectivity index (χ0) is 32.4. The number of rotatable bonds is 15. The van der Waals surface area contributed by atoms with Gasteiger partial charge < -0.3 is 15.5 Å². The summed E-state index contributed by atoms with van der Waals surface area (Å²) in [5, 5.41) is 10.3. The lowest BCUT2D eigenvalue weighted by atomic mass is 9.47. The van der Waals surface area contributed by atoms with E-state index in [1.807, 2.05) is 23.7 Å². The van der Waals surface area contributed by atoms with Crippen molar-refractivity contribution in [2.45, 2.75) is 154 Å². The number of nitrogens with zero attached hydrogens (tertiary/aromatic N) is 2. The van der Waals surface area contributed by atoms with Gasteiger partial charge in [-0.25, -0.2) is 4.79 Å². The number of fused-ring (bicyclic) bond motifs is 4. The Labute approximate surface area is 278 Å². The van der Waals surface area contributed by atoms with Crippen LogP contribution in [0, 0.1) is 51.2 Å². The van der Waals surface area contributed by atoms with Gasteiger partial charge in [-0.3, -0.25) is 4.79 Å². The van der Waals surface area contributed by atoms with Crippen molar-refractivity contribution in [1.82, 2.24) is 15.5 Å². The predicted molar refractivity (Wildman–Crippen MR) is 186 cm³/mol. The Hall–Kier alpha value is -1.31. The fraction of sp³-hybridized carbons (Fsp3) is 0.946. The molecule has 2 saturated heterocycles. The highest BCUT2D eigenvalue weighted by Crippen LogP contribution is 2.66. The van der Waals surface area contributed by atoms with E-state index in [1.165, 1.54) is 51.4 Å². The summed E-state index contributed by atoms with van der Waals surface area (Å²) in [6.07, 6.45) is 17.0. The van der Waals surface area contributed by atoms with Crippen molar-refractivity contribution in [3.63, 3.8) is 0 Å². The number of nitroso groups, excluding NO2 is 1. The average molecular weight is 645 g/mol. The van der Waals surface area contributed by atoms with E-state index in [0.29, 0.717) is 23.0 Å². The van der Waals surface area contributed by atoms with Gasteiger partial charge in [0.25, 0.3) is 0 Å². The van der Waals surface area contributed by atoms with Gasteiger partial charge in [0.05, 0.1) is 18.1 Å². The molecule has 0 aromatic carbocycles. The highest BCUT2D eigenvalue weighted by atomic mass is 32.2. The number of hydrogen-bond donors (Lipinski definition) is 2. The van der Waals surface area contributed by atoms with E-state index in [0.717, 1.165) is 80.4 Å². The van der Waals surface area contributed by atoms with Crippen LogP contribution in [0.3, 0.4) is 0 Å². The first kappa shape index (κ1) is 35.0. The third kappa shape index (κ3) is 7.41. The third-order valence-corrected chi connectivity index (χ3v) is 15.4. The Morgan fingerprint density at radius 2 is 1.80 bits per heavy atom. The van der Waals surface area contributed by atoms with E-state index in [-0.39, 0.29) is 35.5 Å². The fourth-order valence-electron chi connectivity index (χ4n) is 11.3. The van der Waals surface area contributed by atoms with Crippen LogP contribution in [0.5, 0.6) is 0 Å². The van der Waals surface area contributed by atoms with Crippen molar-refractivity contribution >= 4 is 23.7 Å². The van der Waals surface area contributed by atoms with E-state index >= 15 is 0 Å². The first-order valence-electron chi connectivity index (χ1n) is 18.7. The molecule has 45 heavy (non-hydrogen) atoms. The molecule has 3 aliphatic carbocycles. The van der Waals surface area contributed by atoms with Crippen molar-refractivity contribution in [1.29, 1.82) is 0 Å². The molecule has 8 heteroatoms. The minimum Gasteiger partial charge on any atom is -0.346 e. The van der Waals surface area contributed by atoms with E-state index in [1.54, 1.807) is 0 Å². The summed E-state index contributed by atoms with van der Waals surface area (Å²) in [7, 11) is 1.95. The normalized spacial score (nSPS) is 39.5. The Balaban J connectivity index is 1.09. The minimum absolute atomic E-state index is 0.0355. The number of hydrogen-bond acceptors (Lipinski definition) is 5. The molecule has 5 rings (SSSR count). The quantitative estimate of drug-likeness (QED) is 0.106. The molecule has 256 valence electrons. The minimum atomic E-state index is -0.0934. The molecule has 0 radical (unpaired) electrons. The summed E-state index contributed by atoms with van der Waals surface area (Å²) in [6.45, 7) is 13.0. The monoisotopic (exact) mass is 644 g/mol. The van der Waals surface area contributed by atoms with Crippen LogP contribution in [0.1, 0.15) is 131 Å². The van der Waals surface area contributed by atoms with Gasteiger partial charge in [-0.05, 0) is 111 Å². The molecule has 5 fully saturated rings. The number of unbranched alkanes of at least 4 members (excludes halogenated alkanes) is 1. The van der Waals surface area contributed by atoms with Crippen LogP contribution in [0.4, 0.5) is 4.79 Å². The number of nitrogens with one attached hydrogen (secondary N) is 2. The Morgan fingerprint density at radius 3 is 2.56 bits per heavy atom. The largest absolute Gasteiger partial charge is 0.346 e. The molecule has 3 amide bonds. The maximum atomic E-state index is 13.0. The zero-order valence-electron chi connectivity index (χ0n) is 29.3. The van der Waals surface area contributed by atoms with Gasteiger partial charge in [0.15, 0.2) is 0 Å². The van der Waals surface area contributed by atoms with Crippen LogP contribution in [0.25, 0.3) is 0 Å². The molecule has 7 nitrogen and oxygen atoms in total.